The molecule has 0 radical (unpaired) electrons. The number of unbranched alkanes of at least 4 members (excludes halogenated alkanes) is 3. The van der Waals surface area contributed by atoms with Gasteiger partial charge in [0.1, 0.15) is 0 Å². The van der Waals surface area contributed by atoms with Gasteiger partial charge in [-0.2, -0.15) is 0 Å². The van der Waals surface area contributed by atoms with Crippen molar-refractivity contribution in [3.8, 4) is 0 Å². The van der Waals surface area contributed by atoms with Crippen molar-refractivity contribution in [1.82, 2.24) is 5.32 Å². The lowest BCUT2D eigenvalue weighted by Crippen LogP contribution is -2.39. The van der Waals surface area contributed by atoms with Crippen molar-refractivity contribution in [3.05, 3.63) is 0 Å². The van der Waals surface area contributed by atoms with Gasteiger partial charge in [0.2, 0.25) is 0 Å². The van der Waals surface area contributed by atoms with E-state index in [2.05, 4.69) is 26.1 Å². The molecule has 0 aliphatic heterocycles. The zero-order valence-electron chi connectivity index (χ0n) is 11.0. The number of hydrogen-bond acceptors (Lipinski definition) is 2. The molecule has 15 heavy (non-hydrogen) atoms. The van der Waals surface area contributed by atoms with E-state index in [1.807, 2.05) is 0 Å². The number of hydrogen-bond donors (Lipinski definition) is 1. The third kappa shape index (κ3) is 8.88. The summed E-state index contributed by atoms with van der Waals surface area (Å²) in [4.78, 5) is 0. The van der Waals surface area contributed by atoms with E-state index in [1.165, 1.54) is 32.1 Å². The first kappa shape index (κ1) is 14.9. The molecule has 0 bridgehead atoms. The molecule has 0 spiro atoms. The van der Waals surface area contributed by atoms with Crippen molar-refractivity contribution < 1.29 is 4.74 Å². The van der Waals surface area contributed by atoms with Crippen molar-refractivity contribution in [2.75, 3.05) is 13.7 Å². The minimum absolute atomic E-state index is 0.524. The minimum Gasteiger partial charge on any atom is -0.383 e. The molecule has 2 unspecified atom stereocenters. The maximum absolute atomic E-state index is 5.18. The Hall–Kier alpha value is -0.0800. The van der Waals surface area contributed by atoms with Gasteiger partial charge in [0.05, 0.1) is 6.61 Å². The fraction of sp³-hybridized carbons (Fsp3) is 1.00. The summed E-state index contributed by atoms with van der Waals surface area (Å²) in [5.41, 5.74) is 0. The molecule has 92 valence electrons. The fourth-order valence-corrected chi connectivity index (χ4v) is 1.85. The predicted molar refractivity (Wildman–Crippen MR) is 67.3 cm³/mol. The molecule has 0 aliphatic carbocycles. The summed E-state index contributed by atoms with van der Waals surface area (Å²) in [6.07, 6.45) is 7.87. The zero-order valence-corrected chi connectivity index (χ0v) is 11.0. The highest BCUT2D eigenvalue weighted by Gasteiger charge is 2.09. The highest BCUT2D eigenvalue weighted by atomic mass is 16.5. The van der Waals surface area contributed by atoms with E-state index in [4.69, 9.17) is 4.74 Å². The molecule has 0 aliphatic rings. The van der Waals surface area contributed by atoms with Crippen LogP contribution in [0, 0.1) is 0 Å². The number of nitrogens with one attached hydrogen (secondary N) is 1. The maximum atomic E-state index is 5.18. The third-order valence-electron chi connectivity index (χ3n) is 2.87. The van der Waals surface area contributed by atoms with Gasteiger partial charge < -0.3 is 10.1 Å². The molecule has 0 fully saturated rings. The lowest BCUT2D eigenvalue weighted by molar-refractivity contribution is 0.158. The van der Waals surface area contributed by atoms with Crippen LogP contribution in [-0.4, -0.2) is 25.8 Å². The van der Waals surface area contributed by atoms with E-state index >= 15 is 0 Å². The van der Waals surface area contributed by atoms with Crippen molar-refractivity contribution in [2.45, 2.75) is 71.4 Å². The van der Waals surface area contributed by atoms with Crippen molar-refractivity contribution in [2.24, 2.45) is 0 Å². The quantitative estimate of drug-likeness (QED) is 0.564. The summed E-state index contributed by atoms with van der Waals surface area (Å²) < 4.78 is 5.18. The minimum atomic E-state index is 0.524. The van der Waals surface area contributed by atoms with Crippen LogP contribution in [0.1, 0.15) is 59.3 Å². The molecule has 0 aromatic heterocycles. The summed E-state index contributed by atoms with van der Waals surface area (Å²) in [7, 11) is 1.77. The van der Waals surface area contributed by atoms with Gasteiger partial charge in [0.15, 0.2) is 0 Å². The number of rotatable bonds is 10. The second kappa shape index (κ2) is 10.4. The highest BCUT2D eigenvalue weighted by Crippen LogP contribution is 2.06. The molecule has 0 heterocycles. The average molecular weight is 215 g/mol. The molecule has 0 amide bonds. The first-order valence-corrected chi connectivity index (χ1v) is 6.49. The second-order valence-corrected chi connectivity index (χ2v) is 4.48. The smallest absolute Gasteiger partial charge is 0.0615 e. The van der Waals surface area contributed by atoms with Crippen LogP contribution in [0.15, 0.2) is 0 Å². The highest BCUT2D eigenvalue weighted by molar-refractivity contribution is 4.69. The standard InChI is InChI=1S/C13H29NO/c1-5-7-8-9-10-12(3)14-13(6-2)11-15-4/h12-14H,5-11H2,1-4H3. The van der Waals surface area contributed by atoms with Crippen molar-refractivity contribution in [3.63, 3.8) is 0 Å². The van der Waals surface area contributed by atoms with Crippen LogP contribution in [0.5, 0.6) is 0 Å². The van der Waals surface area contributed by atoms with Crippen LogP contribution >= 0.6 is 0 Å². The summed E-state index contributed by atoms with van der Waals surface area (Å²) in [5, 5.41) is 3.62. The molecule has 2 heteroatoms. The van der Waals surface area contributed by atoms with Gasteiger partial charge in [-0.1, -0.05) is 39.5 Å². The summed E-state index contributed by atoms with van der Waals surface area (Å²) in [6, 6.07) is 1.15. The summed E-state index contributed by atoms with van der Waals surface area (Å²) >= 11 is 0. The van der Waals surface area contributed by atoms with E-state index in [-0.39, 0.29) is 0 Å². The monoisotopic (exact) mass is 215 g/mol. The molecule has 0 aromatic carbocycles. The van der Waals surface area contributed by atoms with Gasteiger partial charge in [0.25, 0.3) is 0 Å². The van der Waals surface area contributed by atoms with Gasteiger partial charge in [-0.15, -0.1) is 0 Å². The van der Waals surface area contributed by atoms with E-state index in [0.717, 1.165) is 13.0 Å². The van der Waals surface area contributed by atoms with Crippen molar-refractivity contribution >= 4 is 0 Å². The normalized spacial score (nSPS) is 15.2. The fourth-order valence-electron chi connectivity index (χ4n) is 1.85. The Morgan fingerprint density at radius 1 is 1.13 bits per heavy atom. The van der Waals surface area contributed by atoms with Gasteiger partial charge >= 0.3 is 0 Å². The molecule has 2 nitrogen and oxygen atoms in total. The van der Waals surface area contributed by atoms with Gasteiger partial charge in [-0.25, -0.2) is 0 Å². The molecule has 0 aromatic rings. The predicted octanol–water partition coefficient (Wildman–Crippen LogP) is 3.36. The number of methoxy groups -OCH3 is 1. The van der Waals surface area contributed by atoms with Gasteiger partial charge in [0, 0.05) is 19.2 Å². The first-order valence-electron chi connectivity index (χ1n) is 6.49. The lowest BCUT2D eigenvalue weighted by Gasteiger charge is -2.21. The maximum Gasteiger partial charge on any atom is 0.0615 e. The molecular formula is C13H29NO. The average Bonchev–Trinajstić information content (AvgIpc) is 2.24. The van der Waals surface area contributed by atoms with E-state index in [9.17, 15) is 0 Å². The molecule has 0 rings (SSSR count). The Bertz CT molecular complexity index is 128. The van der Waals surface area contributed by atoms with E-state index in [0.29, 0.717) is 12.1 Å². The Kier molecular flexibility index (Phi) is 10.4. The Balaban J connectivity index is 3.47. The lowest BCUT2D eigenvalue weighted by atomic mass is 10.1. The zero-order chi connectivity index (χ0) is 11.5. The van der Waals surface area contributed by atoms with E-state index < -0.39 is 0 Å². The third-order valence-corrected chi connectivity index (χ3v) is 2.87. The van der Waals surface area contributed by atoms with Crippen molar-refractivity contribution in [1.29, 1.82) is 0 Å². The Morgan fingerprint density at radius 2 is 1.87 bits per heavy atom. The topological polar surface area (TPSA) is 21.3 Å². The van der Waals surface area contributed by atoms with Gasteiger partial charge in [-0.05, 0) is 19.8 Å². The number of ether oxygens (including phenoxy) is 1. The van der Waals surface area contributed by atoms with Crippen LogP contribution in [0.2, 0.25) is 0 Å². The van der Waals surface area contributed by atoms with Gasteiger partial charge in [-0.3, -0.25) is 0 Å². The van der Waals surface area contributed by atoms with Crippen LogP contribution in [-0.2, 0) is 4.74 Å². The molecule has 1 N–H and O–H groups in total. The summed E-state index contributed by atoms with van der Waals surface area (Å²) in [5.74, 6) is 0. The largest absolute Gasteiger partial charge is 0.383 e. The van der Waals surface area contributed by atoms with Crippen LogP contribution in [0.3, 0.4) is 0 Å². The Labute approximate surface area is 95.8 Å². The molecule has 0 saturated heterocycles. The van der Waals surface area contributed by atoms with Crippen LogP contribution in [0.4, 0.5) is 0 Å². The SMILES string of the molecule is CCCCCCC(C)NC(CC)COC. The van der Waals surface area contributed by atoms with Crippen LogP contribution in [0.25, 0.3) is 0 Å². The Morgan fingerprint density at radius 3 is 2.40 bits per heavy atom. The molecule has 0 saturated carbocycles. The second-order valence-electron chi connectivity index (χ2n) is 4.48. The molecule has 2 atom stereocenters. The summed E-state index contributed by atoms with van der Waals surface area (Å²) in [6.45, 7) is 7.58. The van der Waals surface area contributed by atoms with E-state index in [1.54, 1.807) is 7.11 Å². The molecular weight excluding hydrogens is 186 g/mol. The first-order chi connectivity index (χ1) is 7.24. The van der Waals surface area contributed by atoms with Crippen LogP contribution < -0.4 is 5.32 Å².